The second-order valence-corrected chi connectivity index (χ2v) is 8.31. The molecule has 1 aromatic carbocycles. The molecule has 7 heteroatoms. The summed E-state index contributed by atoms with van der Waals surface area (Å²) in [5, 5.41) is 0. The minimum absolute atomic E-state index is 0.0272. The summed E-state index contributed by atoms with van der Waals surface area (Å²) in [5.41, 5.74) is 2.13. The number of fused-ring (bicyclic) bond motifs is 1. The first-order valence-electron chi connectivity index (χ1n) is 10.6. The number of piperidine rings is 1. The van der Waals surface area contributed by atoms with Crippen molar-refractivity contribution in [2.24, 2.45) is 5.92 Å². The first-order chi connectivity index (χ1) is 14.5. The third-order valence-corrected chi connectivity index (χ3v) is 6.06. The zero-order valence-electron chi connectivity index (χ0n) is 18.0. The van der Waals surface area contributed by atoms with Crippen molar-refractivity contribution in [2.45, 2.75) is 45.9 Å². The van der Waals surface area contributed by atoms with Crippen LogP contribution < -0.4 is 9.47 Å². The van der Waals surface area contributed by atoms with Crippen LogP contribution in [0.15, 0.2) is 30.6 Å². The van der Waals surface area contributed by atoms with E-state index in [9.17, 15) is 4.79 Å². The Bertz CT molecular complexity index is 887. The molecule has 0 radical (unpaired) electrons. The molecule has 3 heterocycles. The van der Waals surface area contributed by atoms with Crippen molar-refractivity contribution >= 4 is 5.91 Å². The second-order valence-electron chi connectivity index (χ2n) is 8.31. The molecule has 1 amide bonds. The number of benzene rings is 1. The van der Waals surface area contributed by atoms with Crippen LogP contribution in [-0.2, 0) is 17.9 Å². The summed E-state index contributed by atoms with van der Waals surface area (Å²) < 4.78 is 11.9. The van der Waals surface area contributed by atoms with E-state index in [-0.39, 0.29) is 12.0 Å². The molecule has 2 aliphatic heterocycles. The number of amides is 1. The highest BCUT2D eigenvalue weighted by Gasteiger charge is 2.33. The lowest BCUT2D eigenvalue weighted by Crippen LogP contribution is -2.46. The molecule has 1 saturated heterocycles. The number of hydrogen-bond donors (Lipinski definition) is 0. The number of likely N-dealkylation sites (tertiary alicyclic amines) is 1. The van der Waals surface area contributed by atoms with Crippen molar-refractivity contribution in [3.63, 3.8) is 0 Å². The van der Waals surface area contributed by atoms with E-state index < -0.39 is 0 Å². The van der Waals surface area contributed by atoms with Gasteiger partial charge in [-0.25, -0.2) is 9.97 Å². The van der Waals surface area contributed by atoms with Crippen LogP contribution in [0.5, 0.6) is 11.5 Å². The second kappa shape index (κ2) is 9.00. The van der Waals surface area contributed by atoms with Crippen molar-refractivity contribution in [2.75, 3.05) is 26.7 Å². The summed E-state index contributed by atoms with van der Waals surface area (Å²) in [6, 6.07) is 5.86. The third kappa shape index (κ3) is 4.73. The monoisotopic (exact) mass is 410 g/mol. The molecule has 2 aromatic rings. The van der Waals surface area contributed by atoms with E-state index in [4.69, 9.17) is 9.47 Å². The summed E-state index contributed by atoms with van der Waals surface area (Å²) in [4.78, 5) is 25.3. The van der Waals surface area contributed by atoms with Gasteiger partial charge in [-0.15, -0.1) is 0 Å². The van der Waals surface area contributed by atoms with Gasteiger partial charge in [0.2, 0.25) is 5.91 Å². The average Bonchev–Trinajstić information content (AvgIpc) is 2.95. The van der Waals surface area contributed by atoms with Crippen LogP contribution in [-0.4, -0.2) is 58.5 Å². The standard InChI is InChI=1S/C23H30N4O3/c1-16-24-10-18(11-25-16)12-26-8-4-5-19(13-26)23-15-27(17(2)28)14-20-9-21(29-3)6-7-22(20)30-23/h6-7,9-11,19,23H,4-5,8,12-15H2,1-3H3/t19-,23+/m1/s1. The van der Waals surface area contributed by atoms with Gasteiger partial charge in [-0.2, -0.15) is 0 Å². The topological polar surface area (TPSA) is 67.8 Å². The predicted octanol–water partition coefficient (Wildman–Crippen LogP) is 2.82. The van der Waals surface area contributed by atoms with Crippen LogP contribution in [0, 0.1) is 12.8 Å². The molecule has 0 aliphatic carbocycles. The number of hydrogen-bond acceptors (Lipinski definition) is 6. The first kappa shape index (κ1) is 20.6. The number of methoxy groups -OCH3 is 1. The molecule has 0 spiro atoms. The van der Waals surface area contributed by atoms with Crippen LogP contribution in [0.2, 0.25) is 0 Å². The van der Waals surface area contributed by atoms with Crippen LogP contribution in [0.3, 0.4) is 0 Å². The molecule has 0 saturated carbocycles. The molecule has 7 nitrogen and oxygen atoms in total. The summed E-state index contributed by atoms with van der Waals surface area (Å²) in [7, 11) is 1.65. The minimum atomic E-state index is -0.0272. The highest BCUT2D eigenvalue weighted by atomic mass is 16.5. The SMILES string of the molecule is COc1ccc2c(c1)CN(C(C)=O)C[C@@H]([C@@H]1CCCN(Cc3cnc(C)nc3)C1)O2. The van der Waals surface area contributed by atoms with Crippen molar-refractivity contribution in [1.82, 2.24) is 19.8 Å². The molecule has 1 fully saturated rings. The molecular weight excluding hydrogens is 380 g/mol. The fourth-order valence-electron chi connectivity index (χ4n) is 4.39. The van der Waals surface area contributed by atoms with E-state index >= 15 is 0 Å². The van der Waals surface area contributed by atoms with Gasteiger partial charge in [0.1, 0.15) is 23.4 Å². The quantitative estimate of drug-likeness (QED) is 0.772. The lowest BCUT2D eigenvalue weighted by molar-refractivity contribution is -0.130. The summed E-state index contributed by atoms with van der Waals surface area (Å²) in [5.74, 6) is 2.86. The predicted molar refractivity (Wildman–Crippen MR) is 113 cm³/mol. The van der Waals surface area contributed by atoms with Gasteiger partial charge in [0.05, 0.1) is 13.7 Å². The molecule has 1 aromatic heterocycles. The number of rotatable bonds is 4. The van der Waals surface area contributed by atoms with Gasteiger partial charge >= 0.3 is 0 Å². The Balaban J connectivity index is 1.50. The lowest BCUT2D eigenvalue weighted by atomic mass is 9.91. The maximum Gasteiger partial charge on any atom is 0.219 e. The fourth-order valence-corrected chi connectivity index (χ4v) is 4.39. The Morgan fingerprint density at radius 2 is 2.07 bits per heavy atom. The van der Waals surface area contributed by atoms with Crippen molar-refractivity contribution in [3.05, 3.63) is 47.5 Å². The molecule has 0 bridgehead atoms. The molecule has 2 aliphatic rings. The maximum atomic E-state index is 12.3. The molecule has 4 rings (SSSR count). The number of aromatic nitrogens is 2. The van der Waals surface area contributed by atoms with Gasteiger partial charge in [0.15, 0.2) is 0 Å². The van der Waals surface area contributed by atoms with E-state index in [1.807, 2.05) is 42.4 Å². The van der Waals surface area contributed by atoms with Crippen molar-refractivity contribution in [3.8, 4) is 11.5 Å². The van der Waals surface area contributed by atoms with Gasteiger partial charge in [-0.3, -0.25) is 9.69 Å². The molecule has 30 heavy (non-hydrogen) atoms. The zero-order chi connectivity index (χ0) is 21.1. The summed E-state index contributed by atoms with van der Waals surface area (Å²) in [6.07, 6.45) is 6.01. The molecule has 160 valence electrons. The highest BCUT2D eigenvalue weighted by Crippen LogP contribution is 2.33. The van der Waals surface area contributed by atoms with Crippen LogP contribution >= 0.6 is 0 Å². The minimum Gasteiger partial charge on any atom is -0.497 e. The van der Waals surface area contributed by atoms with Crippen molar-refractivity contribution < 1.29 is 14.3 Å². The van der Waals surface area contributed by atoms with Gasteiger partial charge in [-0.05, 0) is 44.5 Å². The third-order valence-electron chi connectivity index (χ3n) is 6.06. The highest BCUT2D eigenvalue weighted by molar-refractivity contribution is 5.73. The van der Waals surface area contributed by atoms with Crippen molar-refractivity contribution in [1.29, 1.82) is 0 Å². The Morgan fingerprint density at radius 1 is 1.27 bits per heavy atom. The van der Waals surface area contributed by atoms with Crippen LogP contribution in [0.25, 0.3) is 0 Å². The average molecular weight is 411 g/mol. The van der Waals surface area contributed by atoms with E-state index in [0.29, 0.717) is 19.0 Å². The Hall–Kier alpha value is -2.67. The van der Waals surface area contributed by atoms with E-state index in [2.05, 4.69) is 14.9 Å². The van der Waals surface area contributed by atoms with Gasteiger partial charge < -0.3 is 14.4 Å². The van der Waals surface area contributed by atoms with E-state index in [0.717, 1.165) is 60.9 Å². The molecule has 0 N–H and O–H groups in total. The molecular formula is C23H30N4O3. The Kier molecular flexibility index (Phi) is 6.18. The van der Waals surface area contributed by atoms with E-state index in [1.54, 1.807) is 14.0 Å². The van der Waals surface area contributed by atoms with Gasteiger partial charge in [-0.1, -0.05) is 0 Å². The normalized spacial score (nSPS) is 22.0. The smallest absolute Gasteiger partial charge is 0.219 e. The fraction of sp³-hybridized carbons (Fsp3) is 0.522. The molecule has 0 unspecified atom stereocenters. The first-order valence-corrected chi connectivity index (χ1v) is 10.6. The number of nitrogens with zero attached hydrogens (tertiary/aromatic N) is 4. The number of carbonyl (C=O) groups excluding carboxylic acids is 1. The van der Waals surface area contributed by atoms with Crippen LogP contribution in [0.1, 0.15) is 36.7 Å². The number of carbonyl (C=O) groups is 1. The zero-order valence-corrected chi connectivity index (χ0v) is 18.0. The van der Waals surface area contributed by atoms with Crippen LogP contribution in [0.4, 0.5) is 0 Å². The maximum absolute atomic E-state index is 12.3. The van der Waals surface area contributed by atoms with E-state index in [1.165, 1.54) is 0 Å². The largest absolute Gasteiger partial charge is 0.497 e. The molecule has 2 atom stereocenters. The van der Waals surface area contributed by atoms with Gasteiger partial charge in [0, 0.05) is 56.0 Å². The lowest BCUT2D eigenvalue weighted by Gasteiger charge is -2.37. The Morgan fingerprint density at radius 3 is 2.80 bits per heavy atom. The number of ether oxygens (including phenoxy) is 2. The summed E-state index contributed by atoms with van der Waals surface area (Å²) in [6.45, 7) is 7.53. The summed E-state index contributed by atoms with van der Waals surface area (Å²) >= 11 is 0. The Labute approximate surface area is 178 Å². The van der Waals surface area contributed by atoms with Gasteiger partial charge in [0.25, 0.3) is 0 Å². The number of aryl methyl sites for hydroxylation is 1.